The highest BCUT2D eigenvalue weighted by molar-refractivity contribution is 6.18. The molecule has 10 nitrogen and oxygen atoms in total. The number of rotatable bonds is 8. The van der Waals surface area contributed by atoms with Gasteiger partial charge in [0.15, 0.2) is 5.82 Å². The zero-order chi connectivity index (χ0) is 39.3. The van der Waals surface area contributed by atoms with Crippen molar-refractivity contribution >= 4 is 38.4 Å². The molecule has 0 spiro atoms. The van der Waals surface area contributed by atoms with E-state index in [1.165, 1.54) is 24.3 Å². The molecule has 5 aromatic rings. The first-order valence-corrected chi connectivity index (χ1v) is 19.8. The molecule has 4 saturated heterocycles. The third kappa shape index (κ3) is 5.75. The van der Waals surface area contributed by atoms with E-state index in [1.54, 1.807) is 25.0 Å². The predicted octanol–water partition coefficient (Wildman–Crippen LogP) is 7.15. The van der Waals surface area contributed by atoms with E-state index in [-0.39, 0.29) is 82.1 Å². The summed E-state index contributed by atoms with van der Waals surface area (Å²) < 4.78 is 74.4. The summed E-state index contributed by atoms with van der Waals surface area (Å²) in [5, 5.41) is 17.4. The monoisotopic (exact) mass is 781 g/mol. The second-order valence-corrected chi connectivity index (χ2v) is 16.7. The van der Waals surface area contributed by atoms with Crippen molar-refractivity contribution in [2.45, 2.75) is 68.6 Å². The van der Waals surface area contributed by atoms with E-state index in [2.05, 4.69) is 15.7 Å². The van der Waals surface area contributed by atoms with Crippen LogP contribution in [0.4, 0.5) is 23.4 Å². The molecular weight excluding hydrogens is 739 g/mol. The van der Waals surface area contributed by atoms with Gasteiger partial charge in [-0.25, -0.2) is 8.78 Å². The Morgan fingerprint density at radius 3 is 2.58 bits per heavy atom. The fourth-order valence-corrected chi connectivity index (χ4v) is 10.8. The van der Waals surface area contributed by atoms with Crippen LogP contribution in [0.3, 0.4) is 0 Å². The Bertz CT molecular complexity index is 2530. The molecular formula is C43H43F4N7O3. The molecule has 4 aliphatic heterocycles. The highest BCUT2D eigenvalue weighted by Gasteiger charge is 2.49. The first-order chi connectivity index (χ1) is 27.6. The van der Waals surface area contributed by atoms with Crippen molar-refractivity contribution < 1.29 is 32.1 Å². The van der Waals surface area contributed by atoms with Crippen LogP contribution in [0.15, 0.2) is 42.1 Å². The number of hydrogen-bond donors (Lipinski definition) is 1. The number of likely N-dealkylation sites (tertiary alicyclic amines) is 1. The fourth-order valence-electron chi connectivity index (χ4n) is 10.8. The number of piperazine rings is 1. The fraction of sp³-hybridized carbons (Fsp3) is 0.465. The molecule has 5 aliphatic rings. The van der Waals surface area contributed by atoms with Crippen LogP contribution in [-0.2, 0) is 11.8 Å². The molecule has 14 heteroatoms. The summed E-state index contributed by atoms with van der Waals surface area (Å²) in [6.45, 7) is 3.36. The Morgan fingerprint density at radius 1 is 1.05 bits per heavy atom. The predicted molar refractivity (Wildman–Crippen MR) is 208 cm³/mol. The van der Waals surface area contributed by atoms with E-state index in [0.29, 0.717) is 46.9 Å². The molecule has 3 aromatic carbocycles. The lowest BCUT2D eigenvalue weighted by atomic mass is 9.79. The Labute approximate surface area is 327 Å². The van der Waals surface area contributed by atoms with Gasteiger partial charge < -0.3 is 19.5 Å². The number of aryl methyl sites for hydroxylation is 1. The number of phenolic OH excluding ortho intramolecular Hbond substituents is 1. The molecule has 0 amide bonds. The van der Waals surface area contributed by atoms with Crippen molar-refractivity contribution in [2.24, 2.45) is 13.0 Å². The SMILES string of the molecule is C#Cc1c(F)ccc2cc(O)cc(-c3c(F)c4nc(OC[C@@]56CCCN5CC(=C(F)F)C6)nc(N5[C@@H]6CC[C@H]5CN(C5CC(COC)C5)C6)c4c4cn(C)nc34)c12. The van der Waals surface area contributed by atoms with Gasteiger partial charge in [-0.3, -0.25) is 14.5 Å². The summed E-state index contributed by atoms with van der Waals surface area (Å²) in [7, 11) is 3.49. The molecule has 2 aromatic heterocycles. The molecule has 6 heterocycles. The van der Waals surface area contributed by atoms with Gasteiger partial charge in [0.25, 0.3) is 6.08 Å². The number of aromatic hydroxyl groups is 1. The van der Waals surface area contributed by atoms with Crippen molar-refractivity contribution in [2.75, 3.05) is 51.4 Å². The van der Waals surface area contributed by atoms with Gasteiger partial charge in [-0.1, -0.05) is 12.0 Å². The van der Waals surface area contributed by atoms with E-state index in [9.17, 15) is 13.9 Å². The number of methoxy groups -OCH3 is 1. The number of anilines is 1. The quantitative estimate of drug-likeness (QED) is 0.130. The highest BCUT2D eigenvalue weighted by Crippen LogP contribution is 2.48. The molecule has 10 rings (SSSR count). The van der Waals surface area contributed by atoms with Gasteiger partial charge in [-0.05, 0) is 86.6 Å². The van der Waals surface area contributed by atoms with Gasteiger partial charge in [-0.2, -0.15) is 23.8 Å². The lowest BCUT2D eigenvalue weighted by Gasteiger charge is -2.49. The number of ether oxygens (including phenoxy) is 2. The summed E-state index contributed by atoms with van der Waals surface area (Å²) in [5.41, 5.74) is -0.159. The first kappa shape index (κ1) is 36.4. The summed E-state index contributed by atoms with van der Waals surface area (Å²) in [5.74, 6) is 1.97. The summed E-state index contributed by atoms with van der Waals surface area (Å²) >= 11 is 0. The number of terminal acetylenes is 1. The number of fused-ring (bicyclic) bond motifs is 7. The number of nitrogens with zero attached hydrogens (tertiary/aromatic N) is 7. The highest BCUT2D eigenvalue weighted by atomic mass is 19.3. The van der Waals surface area contributed by atoms with Crippen molar-refractivity contribution in [1.82, 2.24) is 29.5 Å². The maximum Gasteiger partial charge on any atom is 0.319 e. The van der Waals surface area contributed by atoms with Crippen LogP contribution in [0.1, 0.15) is 50.5 Å². The summed E-state index contributed by atoms with van der Waals surface area (Å²) in [4.78, 5) is 16.8. The number of benzene rings is 3. The van der Waals surface area contributed by atoms with Crippen molar-refractivity contribution in [3.63, 3.8) is 0 Å². The van der Waals surface area contributed by atoms with Gasteiger partial charge in [0.2, 0.25) is 0 Å². The zero-order valence-electron chi connectivity index (χ0n) is 31.9. The van der Waals surface area contributed by atoms with E-state index in [0.717, 1.165) is 51.8 Å². The molecule has 2 bridgehead atoms. The largest absolute Gasteiger partial charge is 0.508 e. The van der Waals surface area contributed by atoms with Crippen LogP contribution in [-0.4, -0.2) is 105 Å². The van der Waals surface area contributed by atoms with Crippen LogP contribution < -0.4 is 9.64 Å². The third-order valence-electron chi connectivity index (χ3n) is 13.4. The smallest absolute Gasteiger partial charge is 0.319 e. The van der Waals surface area contributed by atoms with Crippen molar-refractivity contribution in [1.29, 1.82) is 0 Å². The third-order valence-corrected chi connectivity index (χ3v) is 13.4. The van der Waals surface area contributed by atoms with Gasteiger partial charge in [0.1, 0.15) is 35.0 Å². The number of aromatic nitrogens is 4. The van der Waals surface area contributed by atoms with Crippen LogP contribution in [0.2, 0.25) is 0 Å². The maximum absolute atomic E-state index is 17.9. The minimum atomic E-state index is -1.65. The molecule has 0 radical (unpaired) electrons. The molecule has 1 saturated carbocycles. The Balaban J connectivity index is 1.15. The van der Waals surface area contributed by atoms with E-state index >= 15 is 8.78 Å². The van der Waals surface area contributed by atoms with E-state index < -0.39 is 23.3 Å². The normalized spacial score (nSPS) is 26.1. The molecule has 0 unspecified atom stereocenters. The molecule has 1 N–H and O–H groups in total. The molecule has 57 heavy (non-hydrogen) atoms. The molecule has 5 fully saturated rings. The summed E-state index contributed by atoms with van der Waals surface area (Å²) in [6, 6.07) is 6.19. The van der Waals surface area contributed by atoms with Gasteiger partial charge in [-0.15, -0.1) is 6.42 Å². The van der Waals surface area contributed by atoms with E-state index in [1.807, 2.05) is 4.90 Å². The topological polar surface area (TPSA) is 92.0 Å². The van der Waals surface area contributed by atoms with Crippen LogP contribution in [0.25, 0.3) is 43.7 Å². The van der Waals surface area contributed by atoms with Crippen LogP contribution in [0, 0.1) is 29.9 Å². The average Bonchev–Trinajstić information content (AvgIpc) is 3.91. The lowest BCUT2D eigenvalue weighted by molar-refractivity contribution is 0.0199. The summed E-state index contributed by atoms with van der Waals surface area (Å²) in [6.07, 6.45) is 11.8. The van der Waals surface area contributed by atoms with Crippen molar-refractivity contribution in [3.05, 3.63) is 59.3 Å². The molecule has 296 valence electrons. The van der Waals surface area contributed by atoms with Gasteiger partial charge >= 0.3 is 6.01 Å². The molecule has 3 atom stereocenters. The van der Waals surface area contributed by atoms with Crippen LogP contribution in [0.5, 0.6) is 11.8 Å². The first-order valence-electron chi connectivity index (χ1n) is 19.8. The molecule has 1 aliphatic carbocycles. The lowest BCUT2D eigenvalue weighted by Crippen LogP contribution is -2.59. The number of phenols is 1. The average molecular weight is 782 g/mol. The second-order valence-electron chi connectivity index (χ2n) is 16.7. The second kappa shape index (κ2) is 13.6. The maximum atomic E-state index is 17.9. The minimum Gasteiger partial charge on any atom is -0.508 e. The Hall–Kier alpha value is -4.97. The van der Waals surface area contributed by atoms with E-state index in [4.69, 9.17) is 31.0 Å². The van der Waals surface area contributed by atoms with Crippen molar-refractivity contribution in [3.8, 4) is 35.2 Å². The van der Waals surface area contributed by atoms with Gasteiger partial charge in [0.05, 0.1) is 16.5 Å². The number of hydrogen-bond acceptors (Lipinski definition) is 9. The van der Waals surface area contributed by atoms with Crippen LogP contribution >= 0.6 is 0 Å². The standard InChI is InChI=1S/C43H43F4N7O3/c1-4-30-33(44)9-6-24-14-29(55)15-31(34(24)30)35-37(45)39-36(32-20-51(2)50-38(32)35)41(54-26-7-8-27(54)19-52(18-26)28-12-23(13-28)21-56-3)49-42(48-39)57-22-43-10-5-11-53(43)17-25(16-43)40(46)47/h1,6,9,14-15,20,23,26-28,55H,5,7-8,10-13,16-19,21-22H2,2-3H3/t23?,26-,27+,28?,43-/m0/s1. The van der Waals surface area contributed by atoms with Gasteiger partial charge in [0, 0.05) is 86.6 Å². The Morgan fingerprint density at radius 2 is 1.84 bits per heavy atom. The number of halogens is 4. The Kier molecular flexibility index (Phi) is 8.66. The zero-order valence-corrected chi connectivity index (χ0v) is 31.9. The minimum absolute atomic E-state index is 0.00430.